The first-order valence-corrected chi connectivity index (χ1v) is 4.68. The third kappa shape index (κ3) is 1.04. The van der Waals surface area contributed by atoms with Gasteiger partial charge in [0.25, 0.3) is 0 Å². The summed E-state index contributed by atoms with van der Waals surface area (Å²) < 4.78 is 0. The van der Waals surface area contributed by atoms with E-state index in [0.29, 0.717) is 10.8 Å². The van der Waals surface area contributed by atoms with Crippen molar-refractivity contribution in [1.29, 1.82) is 0 Å². The van der Waals surface area contributed by atoms with Gasteiger partial charge in [-0.05, 0) is 30.1 Å². The van der Waals surface area contributed by atoms with Crippen LogP contribution in [0.15, 0.2) is 12.2 Å². The maximum absolute atomic E-state index is 4.08. The largest absolute Gasteiger partial charge is 0.0992 e. The molecule has 64 valence electrons. The number of hydrogen-bond acceptors (Lipinski definition) is 0. The van der Waals surface area contributed by atoms with Crippen LogP contribution in [-0.2, 0) is 0 Å². The predicted octanol–water partition coefficient (Wildman–Crippen LogP) is 3.78. The van der Waals surface area contributed by atoms with Gasteiger partial charge in [-0.15, -0.1) is 0 Å². The van der Waals surface area contributed by atoms with Crippen LogP contribution in [0.5, 0.6) is 0 Å². The minimum Gasteiger partial charge on any atom is -0.0992 e. The van der Waals surface area contributed by atoms with E-state index in [0.717, 1.165) is 0 Å². The maximum atomic E-state index is 4.08. The lowest BCUT2D eigenvalue weighted by Gasteiger charge is -2.34. The first-order valence-electron chi connectivity index (χ1n) is 4.68. The van der Waals surface area contributed by atoms with Crippen LogP contribution in [0.25, 0.3) is 0 Å². The predicted molar refractivity (Wildman–Crippen MR) is 50.6 cm³/mol. The molecule has 0 heterocycles. The molecule has 0 aromatic heterocycles. The molecule has 0 radical (unpaired) electrons. The molecule has 0 spiro atoms. The van der Waals surface area contributed by atoms with Crippen molar-refractivity contribution in [1.82, 2.24) is 0 Å². The standard InChI is InChI=1S/C11H20/c1-6-10(4,7-2)11(5)8-9(11)3/h3,6-8H2,1-2,4-5H3. The highest BCUT2D eigenvalue weighted by Crippen LogP contribution is 2.64. The fraction of sp³-hybridized carbons (Fsp3) is 0.818. The summed E-state index contributed by atoms with van der Waals surface area (Å²) in [4.78, 5) is 0. The number of rotatable bonds is 3. The topological polar surface area (TPSA) is 0 Å². The van der Waals surface area contributed by atoms with Gasteiger partial charge < -0.3 is 0 Å². The molecule has 1 aliphatic carbocycles. The van der Waals surface area contributed by atoms with Crippen molar-refractivity contribution in [2.24, 2.45) is 10.8 Å². The average molecular weight is 152 g/mol. The first kappa shape index (κ1) is 8.83. The first-order chi connectivity index (χ1) is 5.00. The van der Waals surface area contributed by atoms with Crippen LogP contribution < -0.4 is 0 Å². The van der Waals surface area contributed by atoms with Gasteiger partial charge >= 0.3 is 0 Å². The smallest absolute Gasteiger partial charge is 0.00280 e. The molecular weight excluding hydrogens is 132 g/mol. The van der Waals surface area contributed by atoms with Crippen molar-refractivity contribution >= 4 is 0 Å². The summed E-state index contributed by atoms with van der Waals surface area (Å²) >= 11 is 0. The molecule has 0 nitrogen and oxygen atoms in total. The zero-order valence-electron chi connectivity index (χ0n) is 8.33. The lowest BCUT2D eigenvalue weighted by molar-refractivity contribution is 0.174. The number of hydrogen-bond donors (Lipinski definition) is 0. The summed E-state index contributed by atoms with van der Waals surface area (Å²) in [6, 6.07) is 0. The molecule has 0 aliphatic heterocycles. The molecule has 0 N–H and O–H groups in total. The third-order valence-corrected chi connectivity index (χ3v) is 4.12. The van der Waals surface area contributed by atoms with Crippen LogP contribution in [0.1, 0.15) is 47.0 Å². The van der Waals surface area contributed by atoms with Gasteiger partial charge in [0.05, 0.1) is 0 Å². The Hall–Kier alpha value is -0.260. The summed E-state index contributed by atoms with van der Waals surface area (Å²) in [7, 11) is 0. The van der Waals surface area contributed by atoms with Gasteiger partial charge in [0.15, 0.2) is 0 Å². The van der Waals surface area contributed by atoms with Crippen LogP contribution in [0, 0.1) is 10.8 Å². The molecule has 1 fully saturated rings. The molecule has 0 heteroatoms. The maximum Gasteiger partial charge on any atom is -0.00280 e. The van der Waals surface area contributed by atoms with Crippen molar-refractivity contribution in [2.75, 3.05) is 0 Å². The molecule has 1 unspecified atom stereocenters. The van der Waals surface area contributed by atoms with Gasteiger partial charge in [-0.3, -0.25) is 0 Å². The van der Waals surface area contributed by atoms with Crippen LogP contribution in [0.2, 0.25) is 0 Å². The zero-order valence-corrected chi connectivity index (χ0v) is 8.33. The molecule has 1 saturated carbocycles. The van der Waals surface area contributed by atoms with Gasteiger partial charge in [-0.1, -0.05) is 39.8 Å². The minimum atomic E-state index is 0.469. The summed E-state index contributed by atoms with van der Waals surface area (Å²) in [5.74, 6) is 0. The monoisotopic (exact) mass is 152 g/mol. The minimum absolute atomic E-state index is 0.469. The highest BCUT2D eigenvalue weighted by molar-refractivity contribution is 5.31. The molecule has 0 saturated heterocycles. The van der Waals surface area contributed by atoms with E-state index in [1.807, 2.05) is 0 Å². The quantitative estimate of drug-likeness (QED) is 0.540. The Morgan fingerprint density at radius 3 is 1.91 bits per heavy atom. The van der Waals surface area contributed by atoms with Gasteiger partial charge in [-0.25, -0.2) is 0 Å². The lowest BCUT2D eigenvalue weighted by atomic mass is 9.71. The molecule has 1 aliphatic rings. The molecule has 0 aromatic carbocycles. The van der Waals surface area contributed by atoms with E-state index in [-0.39, 0.29) is 0 Å². The van der Waals surface area contributed by atoms with Crippen molar-refractivity contribution in [3.05, 3.63) is 12.2 Å². The van der Waals surface area contributed by atoms with E-state index in [9.17, 15) is 0 Å². The molecule has 0 aromatic rings. The van der Waals surface area contributed by atoms with Crippen LogP contribution in [-0.4, -0.2) is 0 Å². The SMILES string of the molecule is C=C1CC1(C)C(C)(CC)CC. The van der Waals surface area contributed by atoms with Crippen molar-refractivity contribution in [3.63, 3.8) is 0 Å². The van der Waals surface area contributed by atoms with Crippen molar-refractivity contribution in [3.8, 4) is 0 Å². The van der Waals surface area contributed by atoms with E-state index in [1.165, 1.54) is 24.8 Å². The van der Waals surface area contributed by atoms with Gasteiger partial charge in [0, 0.05) is 0 Å². The van der Waals surface area contributed by atoms with Crippen LogP contribution >= 0.6 is 0 Å². The van der Waals surface area contributed by atoms with Crippen molar-refractivity contribution < 1.29 is 0 Å². The summed E-state index contributed by atoms with van der Waals surface area (Å²) in [6.45, 7) is 13.4. The summed E-state index contributed by atoms with van der Waals surface area (Å²) in [5.41, 5.74) is 2.43. The Morgan fingerprint density at radius 1 is 1.45 bits per heavy atom. The van der Waals surface area contributed by atoms with Crippen LogP contribution in [0.4, 0.5) is 0 Å². The van der Waals surface area contributed by atoms with E-state index < -0.39 is 0 Å². The van der Waals surface area contributed by atoms with E-state index >= 15 is 0 Å². The fourth-order valence-corrected chi connectivity index (χ4v) is 2.05. The zero-order chi connectivity index (χ0) is 8.70. The second-order valence-electron chi connectivity index (χ2n) is 4.38. The molecular formula is C11H20. The lowest BCUT2D eigenvalue weighted by Crippen LogP contribution is -2.25. The Bertz CT molecular complexity index is 174. The Morgan fingerprint density at radius 2 is 1.82 bits per heavy atom. The van der Waals surface area contributed by atoms with Gasteiger partial charge in [0.1, 0.15) is 0 Å². The molecule has 11 heavy (non-hydrogen) atoms. The Kier molecular flexibility index (Phi) is 1.90. The molecule has 0 bridgehead atoms. The Balaban J connectivity index is 2.78. The summed E-state index contributed by atoms with van der Waals surface area (Å²) in [5, 5.41) is 0. The normalized spacial score (nSPS) is 30.7. The molecule has 1 rings (SSSR count). The second kappa shape index (κ2) is 2.36. The highest BCUT2D eigenvalue weighted by atomic mass is 14.6. The fourth-order valence-electron chi connectivity index (χ4n) is 2.05. The van der Waals surface area contributed by atoms with E-state index in [4.69, 9.17) is 0 Å². The second-order valence-corrected chi connectivity index (χ2v) is 4.38. The molecule has 1 atom stereocenters. The van der Waals surface area contributed by atoms with Gasteiger partial charge in [-0.2, -0.15) is 0 Å². The van der Waals surface area contributed by atoms with Gasteiger partial charge in [0.2, 0.25) is 0 Å². The highest BCUT2D eigenvalue weighted by Gasteiger charge is 2.54. The average Bonchev–Trinajstić information content (AvgIpc) is 2.60. The van der Waals surface area contributed by atoms with E-state index in [2.05, 4.69) is 34.3 Å². The van der Waals surface area contributed by atoms with E-state index in [1.54, 1.807) is 0 Å². The Labute approximate surface area is 70.7 Å². The number of allylic oxidation sites excluding steroid dienone is 1. The third-order valence-electron chi connectivity index (χ3n) is 4.12. The van der Waals surface area contributed by atoms with Crippen LogP contribution in [0.3, 0.4) is 0 Å². The van der Waals surface area contributed by atoms with Crippen molar-refractivity contribution in [2.45, 2.75) is 47.0 Å². The summed E-state index contributed by atoms with van der Waals surface area (Å²) in [6.07, 6.45) is 3.81. The molecule has 0 amide bonds.